The summed E-state index contributed by atoms with van der Waals surface area (Å²) in [6, 6.07) is 72.1. The number of rotatable bonds is 4. The molecule has 312 valence electrons. The standard InChI is InChI=1S/C64H38OS2/c1-5-21-46-42(17-1)59(43-18-2-6-22-47(43)61(46)52-27-13-25-50-40-15-9-11-29-57(40)66-63(50)52)37-32-34-55-54(35-37)39-33-31-38(36-56(39)65-55)60-44-19-3-7-23-48(44)62(49-24-8-4-20-45(49)60)53-28-14-26-51-41-16-10-12-30-58(41)67-64(51)53/h1-7,9-23,25-36H,8,24H2. The van der Waals surface area contributed by atoms with Gasteiger partial charge in [0.25, 0.3) is 0 Å². The number of fused-ring (bicyclic) bond motifs is 13. The van der Waals surface area contributed by atoms with E-state index in [2.05, 4.69) is 206 Å². The molecule has 1 aliphatic rings. The third-order valence-electron chi connectivity index (χ3n) is 14.5. The van der Waals surface area contributed by atoms with Crippen molar-refractivity contribution in [1.29, 1.82) is 0 Å². The molecule has 0 bridgehead atoms. The first-order valence-corrected chi connectivity index (χ1v) is 24.8. The SMILES string of the molecule is C1=Cc2c(c(-c3cccc4c3sc3ccccc34)c3ccccc3c2-c2ccc3c(c2)oc2ccc(-c4c5ccccc5c(-c5cccc6c5sc5ccccc56)c5ccccc45)cc23)CC1. The number of benzene rings is 11. The van der Waals surface area contributed by atoms with Crippen LogP contribution in [0.4, 0.5) is 0 Å². The Morgan fingerprint density at radius 2 is 0.836 bits per heavy atom. The molecule has 0 atom stereocenters. The molecule has 0 N–H and O–H groups in total. The smallest absolute Gasteiger partial charge is 0.136 e. The molecule has 15 rings (SSSR count). The molecular formula is C64H38OS2. The van der Waals surface area contributed by atoms with E-state index in [1.807, 2.05) is 22.7 Å². The first-order valence-electron chi connectivity index (χ1n) is 23.2. The molecule has 14 aromatic rings. The second-order valence-corrected chi connectivity index (χ2v) is 20.2. The number of allylic oxidation sites excluding steroid dienone is 1. The molecule has 0 aliphatic heterocycles. The summed E-state index contributed by atoms with van der Waals surface area (Å²) in [4.78, 5) is 0. The maximum atomic E-state index is 6.83. The Morgan fingerprint density at radius 3 is 1.46 bits per heavy atom. The van der Waals surface area contributed by atoms with Gasteiger partial charge in [-0.1, -0.05) is 170 Å². The van der Waals surface area contributed by atoms with Crippen LogP contribution in [0, 0.1) is 0 Å². The van der Waals surface area contributed by atoms with E-state index in [-0.39, 0.29) is 0 Å². The lowest BCUT2D eigenvalue weighted by Crippen LogP contribution is -2.02. The van der Waals surface area contributed by atoms with Gasteiger partial charge in [-0.25, -0.2) is 0 Å². The quantitative estimate of drug-likeness (QED) is 0.161. The van der Waals surface area contributed by atoms with Gasteiger partial charge in [0, 0.05) is 62.2 Å². The predicted octanol–water partition coefficient (Wildman–Crippen LogP) is 19.4. The molecule has 0 amide bonds. The molecule has 3 heteroatoms. The van der Waals surface area contributed by atoms with Crippen LogP contribution in [0.5, 0.6) is 0 Å². The number of thiophene rings is 2. The van der Waals surface area contributed by atoms with Crippen molar-refractivity contribution in [3.8, 4) is 44.5 Å². The maximum Gasteiger partial charge on any atom is 0.136 e. The van der Waals surface area contributed by atoms with Gasteiger partial charge in [-0.3, -0.25) is 0 Å². The van der Waals surface area contributed by atoms with Crippen LogP contribution in [0.1, 0.15) is 17.5 Å². The molecule has 11 aromatic carbocycles. The first kappa shape index (κ1) is 37.4. The molecule has 1 nitrogen and oxygen atoms in total. The lowest BCUT2D eigenvalue weighted by Gasteiger charge is -2.24. The summed E-state index contributed by atoms with van der Waals surface area (Å²) < 4.78 is 12.2. The van der Waals surface area contributed by atoms with E-state index in [4.69, 9.17) is 4.42 Å². The van der Waals surface area contributed by atoms with Gasteiger partial charge >= 0.3 is 0 Å². The van der Waals surface area contributed by atoms with E-state index in [1.54, 1.807) is 0 Å². The van der Waals surface area contributed by atoms with E-state index in [9.17, 15) is 0 Å². The molecular weight excluding hydrogens is 849 g/mol. The highest BCUT2D eigenvalue weighted by molar-refractivity contribution is 7.26. The van der Waals surface area contributed by atoms with Gasteiger partial charge in [-0.15, -0.1) is 22.7 Å². The third-order valence-corrected chi connectivity index (χ3v) is 17.0. The van der Waals surface area contributed by atoms with Gasteiger partial charge in [-0.05, 0) is 126 Å². The van der Waals surface area contributed by atoms with Crippen LogP contribution in [-0.4, -0.2) is 0 Å². The van der Waals surface area contributed by atoms with Gasteiger partial charge < -0.3 is 4.42 Å². The Kier molecular flexibility index (Phi) is 8.01. The molecule has 0 unspecified atom stereocenters. The number of hydrogen-bond donors (Lipinski definition) is 0. The summed E-state index contributed by atoms with van der Waals surface area (Å²) in [5.74, 6) is 0. The Bertz CT molecular complexity index is 4400. The average molecular weight is 887 g/mol. The van der Waals surface area contributed by atoms with Crippen molar-refractivity contribution in [2.24, 2.45) is 0 Å². The van der Waals surface area contributed by atoms with Crippen LogP contribution in [0.25, 0.3) is 145 Å². The molecule has 1 aliphatic carbocycles. The minimum absolute atomic E-state index is 0.899. The summed E-state index contributed by atoms with van der Waals surface area (Å²) in [6.07, 6.45) is 6.77. The van der Waals surface area contributed by atoms with Gasteiger partial charge in [0.2, 0.25) is 0 Å². The second-order valence-electron chi connectivity index (χ2n) is 18.1. The third kappa shape index (κ3) is 5.41. The van der Waals surface area contributed by atoms with Crippen molar-refractivity contribution in [2.45, 2.75) is 12.8 Å². The fourth-order valence-electron chi connectivity index (χ4n) is 11.7. The number of hydrogen-bond acceptors (Lipinski definition) is 3. The molecule has 0 saturated heterocycles. The Balaban J connectivity index is 0.912. The maximum absolute atomic E-state index is 6.83. The highest BCUT2D eigenvalue weighted by Crippen LogP contribution is 2.51. The van der Waals surface area contributed by atoms with Gasteiger partial charge in [0.15, 0.2) is 0 Å². The Morgan fingerprint density at radius 1 is 0.343 bits per heavy atom. The minimum atomic E-state index is 0.899. The lowest BCUT2D eigenvalue weighted by atomic mass is 9.80. The first-order chi connectivity index (χ1) is 33.2. The van der Waals surface area contributed by atoms with Gasteiger partial charge in [0.1, 0.15) is 11.2 Å². The number of furan rings is 1. The van der Waals surface area contributed by atoms with Crippen LogP contribution in [0.3, 0.4) is 0 Å². The molecule has 67 heavy (non-hydrogen) atoms. The predicted molar refractivity (Wildman–Crippen MR) is 291 cm³/mol. The van der Waals surface area contributed by atoms with Crippen molar-refractivity contribution >= 4 is 123 Å². The monoisotopic (exact) mass is 886 g/mol. The Labute approximate surface area is 394 Å². The average Bonchev–Trinajstić information content (AvgIpc) is 4.08. The van der Waals surface area contributed by atoms with E-state index in [0.717, 1.165) is 34.8 Å². The largest absolute Gasteiger partial charge is 0.456 e. The van der Waals surface area contributed by atoms with Crippen LogP contribution in [-0.2, 0) is 6.42 Å². The lowest BCUT2D eigenvalue weighted by molar-refractivity contribution is 0.669. The fourth-order valence-corrected chi connectivity index (χ4v) is 14.2. The van der Waals surface area contributed by atoms with Gasteiger partial charge in [-0.2, -0.15) is 0 Å². The molecule has 0 spiro atoms. The van der Waals surface area contributed by atoms with Crippen molar-refractivity contribution < 1.29 is 4.42 Å². The zero-order valence-electron chi connectivity index (χ0n) is 36.3. The van der Waals surface area contributed by atoms with E-state index in [1.165, 1.54) is 128 Å². The van der Waals surface area contributed by atoms with Gasteiger partial charge in [0.05, 0.1) is 0 Å². The minimum Gasteiger partial charge on any atom is -0.456 e. The second kappa shape index (κ2) is 14.3. The van der Waals surface area contributed by atoms with E-state index < -0.39 is 0 Å². The normalized spacial score (nSPS) is 12.9. The fraction of sp³-hybridized carbons (Fsp3) is 0.0312. The molecule has 3 aromatic heterocycles. The molecule has 0 fully saturated rings. The summed E-state index contributed by atoms with van der Waals surface area (Å²) >= 11 is 3.81. The van der Waals surface area contributed by atoms with Crippen LogP contribution in [0.2, 0.25) is 0 Å². The van der Waals surface area contributed by atoms with Crippen LogP contribution < -0.4 is 0 Å². The summed E-state index contributed by atoms with van der Waals surface area (Å²) in [7, 11) is 0. The van der Waals surface area contributed by atoms with Crippen molar-refractivity contribution in [1.82, 2.24) is 0 Å². The highest BCUT2D eigenvalue weighted by Gasteiger charge is 2.25. The summed E-state index contributed by atoms with van der Waals surface area (Å²) in [5, 5.41) is 15.2. The van der Waals surface area contributed by atoms with Crippen molar-refractivity contribution in [3.05, 3.63) is 211 Å². The summed E-state index contributed by atoms with van der Waals surface area (Å²) in [5.41, 5.74) is 14.7. The zero-order valence-corrected chi connectivity index (χ0v) is 37.9. The zero-order chi connectivity index (χ0) is 43.7. The van der Waals surface area contributed by atoms with E-state index in [0.29, 0.717) is 0 Å². The van der Waals surface area contributed by atoms with Crippen LogP contribution >= 0.6 is 22.7 Å². The highest BCUT2D eigenvalue weighted by atomic mass is 32.1. The topological polar surface area (TPSA) is 13.1 Å². The van der Waals surface area contributed by atoms with E-state index >= 15 is 0 Å². The molecule has 3 heterocycles. The summed E-state index contributed by atoms with van der Waals surface area (Å²) in [6.45, 7) is 0. The molecule has 0 saturated carbocycles. The van der Waals surface area contributed by atoms with Crippen molar-refractivity contribution in [3.63, 3.8) is 0 Å². The Hall–Kier alpha value is -7.82. The molecule has 0 radical (unpaired) electrons. The van der Waals surface area contributed by atoms with Crippen molar-refractivity contribution in [2.75, 3.05) is 0 Å². The van der Waals surface area contributed by atoms with Crippen LogP contribution in [0.15, 0.2) is 205 Å².